The molecule has 1 aromatic rings. The SMILES string of the molecule is O=C1O[Si](Cl)(Cl)Oc2ccccc21. The topological polar surface area (TPSA) is 35.5 Å². The lowest BCUT2D eigenvalue weighted by molar-refractivity contribution is 0.0684. The highest BCUT2D eigenvalue weighted by atomic mass is 35.7. The van der Waals surface area contributed by atoms with Crippen LogP contribution in [0.4, 0.5) is 0 Å². The van der Waals surface area contributed by atoms with E-state index >= 15 is 0 Å². The summed E-state index contributed by atoms with van der Waals surface area (Å²) >= 11 is 11.3. The van der Waals surface area contributed by atoms with Crippen LogP contribution in [0.2, 0.25) is 0 Å². The van der Waals surface area contributed by atoms with Crippen molar-refractivity contribution in [2.45, 2.75) is 0 Å². The minimum atomic E-state index is -3.31. The summed E-state index contributed by atoms with van der Waals surface area (Å²) < 4.78 is 9.83. The first-order valence-electron chi connectivity index (χ1n) is 3.48. The van der Waals surface area contributed by atoms with E-state index in [1.165, 1.54) is 0 Å². The number of hydrogen-bond donors (Lipinski definition) is 0. The van der Waals surface area contributed by atoms with Crippen molar-refractivity contribution in [3.8, 4) is 5.75 Å². The van der Waals surface area contributed by atoms with Gasteiger partial charge in [0, 0.05) is 0 Å². The molecule has 3 nitrogen and oxygen atoms in total. The summed E-state index contributed by atoms with van der Waals surface area (Å²) in [5.41, 5.74) is 0.354. The fourth-order valence-electron chi connectivity index (χ4n) is 1.04. The Balaban J connectivity index is 2.49. The van der Waals surface area contributed by atoms with Gasteiger partial charge in [-0.2, -0.15) is 0 Å². The highest BCUT2D eigenvalue weighted by Crippen LogP contribution is 2.32. The summed E-state index contributed by atoms with van der Waals surface area (Å²) in [5.74, 6) is -0.145. The fraction of sp³-hybridized carbons (Fsp3) is 0. The van der Waals surface area contributed by atoms with Crippen molar-refractivity contribution in [3.63, 3.8) is 0 Å². The minimum Gasteiger partial charge on any atom is -0.489 e. The molecule has 1 heterocycles. The largest absolute Gasteiger partial charge is 0.683 e. The van der Waals surface area contributed by atoms with Crippen LogP contribution in [0, 0.1) is 0 Å². The number of rotatable bonds is 0. The van der Waals surface area contributed by atoms with E-state index in [1.807, 2.05) is 0 Å². The molecule has 6 heteroatoms. The summed E-state index contributed by atoms with van der Waals surface area (Å²) in [6.07, 6.45) is 0. The van der Waals surface area contributed by atoms with Crippen LogP contribution in [0.1, 0.15) is 10.4 Å². The molecule has 0 fully saturated rings. The number of fused-ring (bicyclic) bond motifs is 1. The van der Waals surface area contributed by atoms with Crippen LogP contribution in [-0.2, 0) is 4.43 Å². The maximum atomic E-state index is 11.3. The third kappa shape index (κ3) is 1.65. The van der Waals surface area contributed by atoms with Gasteiger partial charge in [-0.25, -0.2) is 4.79 Å². The van der Waals surface area contributed by atoms with Gasteiger partial charge in [0.2, 0.25) is 0 Å². The van der Waals surface area contributed by atoms with Crippen molar-refractivity contribution in [2.24, 2.45) is 0 Å². The Bertz CT molecular complexity index is 367. The van der Waals surface area contributed by atoms with E-state index in [0.717, 1.165) is 0 Å². The maximum Gasteiger partial charge on any atom is 0.683 e. The van der Waals surface area contributed by atoms with Gasteiger partial charge in [-0.15, -0.1) is 0 Å². The Morgan fingerprint density at radius 3 is 2.62 bits per heavy atom. The second kappa shape index (κ2) is 2.90. The number of benzene rings is 1. The normalized spacial score (nSPS) is 18.5. The van der Waals surface area contributed by atoms with Crippen LogP contribution in [-0.4, -0.2) is 13.1 Å². The van der Waals surface area contributed by atoms with Gasteiger partial charge in [-0.05, 0) is 12.1 Å². The molecule has 0 aromatic heterocycles. The molecule has 0 atom stereocenters. The van der Waals surface area contributed by atoms with E-state index < -0.39 is 13.1 Å². The van der Waals surface area contributed by atoms with E-state index in [0.29, 0.717) is 11.3 Å². The molecule has 0 spiro atoms. The molecule has 13 heavy (non-hydrogen) atoms. The summed E-state index contributed by atoms with van der Waals surface area (Å²) in [6, 6.07) is 6.66. The van der Waals surface area contributed by atoms with Crippen molar-refractivity contribution < 1.29 is 13.6 Å². The molecule has 68 valence electrons. The molecule has 2 rings (SSSR count). The molecular weight excluding hydrogens is 231 g/mol. The Kier molecular flexibility index (Phi) is 1.98. The monoisotopic (exact) mass is 234 g/mol. The molecule has 0 bridgehead atoms. The first-order chi connectivity index (χ1) is 6.08. The number of carbonyl (C=O) groups is 1. The lowest BCUT2D eigenvalue weighted by Crippen LogP contribution is -2.39. The van der Waals surface area contributed by atoms with Crippen molar-refractivity contribution in [1.29, 1.82) is 0 Å². The first-order valence-corrected chi connectivity index (χ1v) is 7.32. The second-order valence-electron chi connectivity index (χ2n) is 2.45. The Morgan fingerprint density at radius 2 is 1.85 bits per heavy atom. The Hall–Kier alpha value is -0.713. The minimum absolute atomic E-state index is 0.354. The summed E-state index contributed by atoms with van der Waals surface area (Å²) in [4.78, 5) is 11.3. The molecule has 0 amide bonds. The molecule has 0 saturated carbocycles. The van der Waals surface area contributed by atoms with Gasteiger partial charge in [0.05, 0.1) is 5.56 Å². The van der Waals surface area contributed by atoms with E-state index in [9.17, 15) is 4.79 Å². The van der Waals surface area contributed by atoms with Gasteiger partial charge in [-0.3, -0.25) is 0 Å². The average molecular weight is 235 g/mol. The fourth-order valence-corrected chi connectivity index (χ4v) is 2.76. The summed E-state index contributed by atoms with van der Waals surface area (Å²) in [5, 5.41) is 0. The van der Waals surface area contributed by atoms with Crippen LogP contribution in [0.3, 0.4) is 0 Å². The smallest absolute Gasteiger partial charge is 0.489 e. The maximum absolute atomic E-state index is 11.3. The molecule has 0 saturated heterocycles. The first kappa shape index (κ1) is 8.87. The van der Waals surface area contributed by atoms with Crippen molar-refractivity contribution in [3.05, 3.63) is 29.8 Å². The van der Waals surface area contributed by atoms with Gasteiger partial charge >= 0.3 is 13.1 Å². The van der Waals surface area contributed by atoms with E-state index in [-0.39, 0.29) is 0 Å². The third-order valence-electron chi connectivity index (χ3n) is 1.55. The predicted molar refractivity (Wildman–Crippen MR) is 49.9 cm³/mol. The van der Waals surface area contributed by atoms with Crippen LogP contribution in [0.25, 0.3) is 0 Å². The average Bonchev–Trinajstić information content (AvgIpc) is 2.02. The molecular formula is C7H4Cl2O3Si. The molecule has 0 N–H and O–H groups in total. The number of carbonyl (C=O) groups excluding carboxylic acids is 1. The van der Waals surface area contributed by atoms with Gasteiger partial charge in [0.1, 0.15) is 5.75 Å². The van der Waals surface area contributed by atoms with Crippen LogP contribution < -0.4 is 4.43 Å². The van der Waals surface area contributed by atoms with Crippen molar-refractivity contribution >= 4 is 35.3 Å². The zero-order valence-electron chi connectivity index (χ0n) is 6.29. The number of para-hydroxylation sites is 1. The molecule has 0 aliphatic carbocycles. The van der Waals surface area contributed by atoms with E-state index in [1.54, 1.807) is 24.3 Å². The van der Waals surface area contributed by atoms with Gasteiger partial charge < -0.3 is 8.85 Å². The summed E-state index contributed by atoms with van der Waals surface area (Å²) in [7, 11) is -3.31. The van der Waals surface area contributed by atoms with E-state index in [2.05, 4.69) is 0 Å². The predicted octanol–water partition coefficient (Wildman–Crippen LogP) is 2.15. The Morgan fingerprint density at radius 1 is 1.15 bits per heavy atom. The quantitative estimate of drug-likeness (QED) is 0.510. The van der Waals surface area contributed by atoms with Crippen LogP contribution in [0.15, 0.2) is 24.3 Å². The van der Waals surface area contributed by atoms with Gasteiger partial charge in [0.25, 0.3) is 0 Å². The number of hydrogen-bond acceptors (Lipinski definition) is 3. The molecule has 0 unspecified atom stereocenters. The zero-order chi connectivity index (χ0) is 9.47. The molecule has 1 aliphatic heterocycles. The van der Waals surface area contributed by atoms with Gasteiger partial charge in [0.15, 0.2) is 0 Å². The second-order valence-corrected chi connectivity index (χ2v) is 7.35. The van der Waals surface area contributed by atoms with Crippen molar-refractivity contribution in [2.75, 3.05) is 0 Å². The molecule has 1 aromatic carbocycles. The van der Waals surface area contributed by atoms with E-state index in [4.69, 9.17) is 31.0 Å². The number of halogens is 2. The highest BCUT2D eigenvalue weighted by Gasteiger charge is 2.46. The van der Waals surface area contributed by atoms with Crippen molar-refractivity contribution in [1.82, 2.24) is 0 Å². The van der Waals surface area contributed by atoms with Gasteiger partial charge in [-0.1, -0.05) is 34.3 Å². The standard InChI is InChI=1S/C7H4Cl2O3Si/c8-13(9)11-6-4-2-1-3-5(6)7(10)12-13/h1-4H. The molecule has 1 aliphatic rings. The van der Waals surface area contributed by atoms with Crippen LogP contribution >= 0.6 is 22.2 Å². The highest BCUT2D eigenvalue weighted by molar-refractivity contribution is 7.40. The zero-order valence-corrected chi connectivity index (χ0v) is 8.80. The lowest BCUT2D eigenvalue weighted by atomic mass is 10.2. The summed E-state index contributed by atoms with van der Waals surface area (Å²) in [6.45, 7) is 0. The third-order valence-corrected chi connectivity index (χ3v) is 3.35. The Labute approximate surface area is 84.8 Å². The van der Waals surface area contributed by atoms with Crippen LogP contribution in [0.5, 0.6) is 5.75 Å². The molecule has 0 radical (unpaired) electrons. The lowest BCUT2D eigenvalue weighted by Gasteiger charge is -2.24.